The average Bonchev–Trinajstić information content (AvgIpc) is 2.85. The Kier molecular flexibility index (Phi) is 9.18. The predicted molar refractivity (Wildman–Crippen MR) is 133 cm³/mol. The van der Waals surface area contributed by atoms with Crippen molar-refractivity contribution in [2.24, 2.45) is 0 Å². The van der Waals surface area contributed by atoms with Crippen molar-refractivity contribution in [1.82, 2.24) is 10.2 Å². The van der Waals surface area contributed by atoms with Gasteiger partial charge in [0, 0.05) is 12.6 Å². The second-order valence-electron chi connectivity index (χ2n) is 8.47. The van der Waals surface area contributed by atoms with Crippen molar-refractivity contribution in [2.75, 3.05) is 51.2 Å². The van der Waals surface area contributed by atoms with Crippen molar-refractivity contribution in [3.8, 4) is 11.5 Å². The van der Waals surface area contributed by atoms with Crippen LogP contribution in [-0.2, 0) is 14.8 Å². The van der Waals surface area contributed by atoms with E-state index in [0.717, 1.165) is 35.9 Å². The van der Waals surface area contributed by atoms with E-state index in [1.54, 1.807) is 42.5 Å². The minimum absolute atomic E-state index is 0.105. The number of benzene rings is 2. The second-order valence-corrected chi connectivity index (χ2v) is 10.3. The van der Waals surface area contributed by atoms with Gasteiger partial charge in [0.25, 0.3) is 10.0 Å². The third-order valence-electron chi connectivity index (χ3n) is 5.97. The van der Waals surface area contributed by atoms with E-state index in [0.29, 0.717) is 18.0 Å². The molecule has 0 radical (unpaired) electrons. The lowest BCUT2D eigenvalue weighted by Gasteiger charge is -2.27. The van der Waals surface area contributed by atoms with Gasteiger partial charge in [0.2, 0.25) is 5.91 Å². The molecule has 1 aliphatic heterocycles. The lowest BCUT2D eigenvalue weighted by atomic mass is 10.1. The molecule has 2 aromatic rings. The molecule has 0 spiro atoms. The number of amides is 1. The first-order valence-electron chi connectivity index (χ1n) is 11.7. The molecule has 1 N–H and O–H groups in total. The summed E-state index contributed by atoms with van der Waals surface area (Å²) < 4.78 is 39.0. The number of anilines is 1. The van der Waals surface area contributed by atoms with Crippen molar-refractivity contribution in [2.45, 2.75) is 37.5 Å². The van der Waals surface area contributed by atoms with Crippen molar-refractivity contribution in [3.63, 3.8) is 0 Å². The first-order valence-corrected chi connectivity index (χ1v) is 13.1. The molecule has 1 heterocycles. The lowest BCUT2D eigenvalue weighted by molar-refractivity contribution is -0.119. The summed E-state index contributed by atoms with van der Waals surface area (Å²) in [6, 6.07) is 11.4. The van der Waals surface area contributed by atoms with Gasteiger partial charge >= 0.3 is 0 Å². The molecule has 0 aromatic heterocycles. The standard InChI is InChI=1S/C25H35N3O5S/c1-20-8-11-22(12-9-20)34(30,31)28(23-13-10-21(32-2)18-24(23)33-3)19-25(29)26-14-7-17-27-15-5-4-6-16-27/h8-13,18H,4-7,14-17,19H2,1-3H3,(H,26,29). The molecule has 0 atom stereocenters. The average molecular weight is 490 g/mol. The van der Waals surface area contributed by atoms with Gasteiger partial charge in [-0.25, -0.2) is 8.42 Å². The number of rotatable bonds is 11. The summed E-state index contributed by atoms with van der Waals surface area (Å²) in [6.07, 6.45) is 4.55. The molecular formula is C25H35N3O5S. The zero-order chi connectivity index (χ0) is 24.6. The molecule has 1 fully saturated rings. The highest BCUT2D eigenvalue weighted by molar-refractivity contribution is 7.92. The number of carbonyl (C=O) groups is 1. The zero-order valence-corrected chi connectivity index (χ0v) is 21.1. The van der Waals surface area contributed by atoms with E-state index in [9.17, 15) is 13.2 Å². The molecule has 186 valence electrons. The smallest absolute Gasteiger partial charge is 0.264 e. The summed E-state index contributed by atoms with van der Waals surface area (Å²) in [6.45, 7) is 5.16. The number of sulfonamides is 1. The Balaban J connectivity index is 1.78. The van der Waals surface area contributed by atoms with Gasteiger partial charge in [0.15, 0.2) is 0 Å². The van der Waals surface area contributed by atoms with Crippen molar-refractivity contribution in [3.05, 3.63) is 48.0 Å². The van der Waals surface area contributed by atoms with E-state index in [1.165, 1.54) is 33.5 Å². The second kappa shape index (κ2) is 12.1. The fourth-order valence-electron chi connectivity index (χ4n) is 4.03. The summed E-state index contributed by atoms with van der Waals surface area (Å²) in [5.74, 6) is 0.454. The molecule has 34 heavy (non-hydrogen) atoms. The van der Waals surface area contributed by atoms with Crippen molar-refractivity contribution >= 4 is 21.6 Å². The van der Waals surface area contributed by atoms with Crippen LogP contribution in [0.1, 0.15) is 31.2 Å². The van der Waals surface area contributed by atoms with Crippen LogP contribution in [0.25, 0.3) is 0 Å². The minimum Gasteiger partial charge on any atom is -0.497 e. The molecule has 0 bridgehead atoms. The molecular weight excluding hydrogens is 454 g/mol. The SMILES string of the molecule is COc1ccc(N(CC(=O)NCCCN2CCCCC2)S(=O)(=O)c2ccc(C)cc2)c(OC)c1. The van der Waals surface area contributed by atoms with Crippen LogP contribution in [0.15, 0.2) is 47.4 Å². The van der Waals surface area contributed by atoms with Gasteiger partial charge in [-0.05, 0) is 70.1 Å². The molecule has 0 saturated carbocycles. The van der Waals surface area contributed by atoms with E-state index in [2.05, 4.69) is 10.2 Å². The molecule has 1 amide bonds. The van der Waals surface area contributed by atoms with Crippen LogP contribution in [0.4, 0.5) is 5.69 Å². The summed E-state index contributed by atoms with van der Waals surface area (Å²) in [5.41, 5.74) is 1.21. The maximum Gasteiger partial charge on any atom is 0.264 e. The van der Waals surface area contributed by atoms with Crippen LogP contribution >= 0.6 is 0 Å². The first-order chi connectivity index (χ1) is 16.3. The number of nitrogens with one attached hydrogen (secondary N) is 1. The number of ether oxygens (including phenoxy) is 2. The number of aryl methyl sites for hydroxylation is 1. The minimum atomic E-state index is -4.02. The number of carbonyl (C=O) groups excluding carboxylic acids is 1. The third kappa shape index (κ3) is 6.64. The number of likely N-dealkylation sites (tertiary alicyclic amines) is 1. The zero-order valence-electron chi connectivity index (χ0n) is 20.2. The van der Waals surface area contributed by atoms with Crippen LogP contribution in [0, 0.1) is 6.92 Å². The predicted octanol–water partition coefficient (Wildman–Crippen LogP) is 3.20. The Morgan fingerprint density at radius 3 is 2.38 bits per heavy atom. The van der Waals surface area contributed by atoms with Crippen molar-refractivity contribution in [1.29, 1.82) is 0 Å². The molecule has 3 rings (SSSR count). The number of nitrogens with zero attached hydrogens (tertiary/aromatic N) is 2. The monoisotopic (exact) mass is 489 g/mol. The van der Waals surface area contributed by atoms with Crippen LogP contribution in [-0.4, -0.2) is 66.2 Å². The third-order valence-corrected chi connectivity index (χ3v) is 7.75. The number of piperidine rings is 1. The molecule has 0 aliphatic carbocycles. The Morgan fingerprint density at radius 1 is 1.03 bits per heavy atom. The number of hydrogen-bond donors (Lipinski definition) is 1. The topological polar surface area (TPSA) is 88.2 Å². The van der Waals surface area contributed by atoms with E-state index in [4.69, 9.17) is 9.47 Å². The molecule has 1 saturated heterocycles. The Hall–Kier alpha value is -2.78. The van der Waals surface area contributed by atoms with Crippen molar-refractivity contribution < 1.29 is 22.7 Å². The lowest BCUT2D eigenvalue weighted by Crippen LogP contribution is -2.42. The van der Waals surface area contributed by atoms with E-state index in [1.807, 2.05) is 6.92 Å². The van der Waals surface area contributed by atoms with Gasteiger partial charge in [-0.1, -0.05) is 24.1 Å². The van der Waals surface area contributed by atoms with Crippen LogP contribution in [0.2, 0.25) is 0 Å². The Morgan fingerprint density at radius 2 is 1.74 bits per heavy atom. The molecule has 1 aliphatic rings. The summed E-state index contributed by atoms with van der Waals surface area (Å²) in [5, 5.41) is 2.88. The van der Waals surface area contributed by atoms with E-state index < -0.39 is 10.0 Å². The molecule has 8 nitrogen and oxygen atoms in total. The van der Waals surface area contributed by atoms with Gasteiger partial charge < -0.3 is 19.7 Å². The van der Waals surface area contributed by atoms with Crippen LogP contribution < -0.4 is 19.1 Å². The highest BCUT2D eigenvalue weighted by Gasteiger charge is 2.29. The van der Waals surface area contributed by atoms with Gasteiger partial charge in [-0.15, -0.1) is 0 Å². The van der Waals surface area contributed by atoms with Gasteiger partial charge in [0.05, 0.1) is 24.8 Å². The fraction of sp³-hybridized carbons (Fsp3) is 0.480. The summed E-state index contributed by atoms with van der Waals surface area (Å²) >= 11 is 0. The van der Waals surface area contributed by atoms with Gasteiger partial charge in [0.1, 0.15) is 18.0 Å². The van der Waals surface area contributed by atoms with Crippen LogP contribution in [0.5, 0.6) is 11.5 Å². The van der Waals surface area contributed by atoms with Crippen LogP contribution in [0.3, 0.4) is 0 Å². The maximum absolute atomic E-state index is 13.6. The Bertz CT molecular complexity index is 1050. The summed E-state index contributed by atoms with van der Waals surface area (Å²) in [7, 11) is -1.05. The first kappa shape index (κ1) is 25.8. The quantitative estimate of drug-likeness (QED) is 0.488. The molecule has 0 unspecified atom stereocenters. The number of methoxy groups -OCH3 is 2. The van der Waals surface area contributed by atoms with E-state index in [-0.39, 0.29) is 23.0 Å². The number of hydrogen-bond acceptors (Lipinski definition) is 6. The Labute approximate surface area is 202 Å². The van der Waals surface area contributed by atoms with Gasteiger partial charge in [-0.3, -0.25) is 9.10 Å². The van der Waals surface area contributed by atoms with E-state index >= 15 is 0 Å². The maximum atomic E-state index is 13.6. The highest BCUT2D eigenvalue weighted by Crippen LogP contribution is 2.35. The molecule has 9 heteroatoms. The van der Waals surface area contributed by atoms with Gasteiger partial charge in [-0.2, -0.15) is 0 Å². The normalized spacial score (nSPS) is 14.4. The largest absolute Gasteiger partial charge is 0.497 e. The summed E-state index contributed by atoms with van der Waals surface area (Å²) in [4.78, 5) is 15.4. The highest BCUT2D eigenvalue weighted by atomic mass is 32.2. The molecule has 2 aromatic carbocycles. The fourth-order valence-corrected chi connectivity index (χ4v) is 5.46.